The van der Waals surface area contributed by atoms with E-state index in [4.69, 9.17) is 19.4 Å². The molecule has 8 aromatic rings. The van der Waals surface area contributed by atoms with Gasteiger partial charge in [-0.2, -0.15) is 0 Å². The summed E-state index contributed by atoms with van der Waals surface area (Å²) in [6.45, 7) is 0. The molecule has 0 fully saturated rings. The lowest BCUT2D eigenvalue weighted by atomic mass is 9.95. The van der Waals surface area contributed by atoms with Crippen molar-refractivity contribution in [2.45, 2.75) is 12.8 Å². The normalized spacial score (nSPS) is 13.0. The zero-order valence-corrected chi connectivity index (χ0v) is 25.6. The number of rotatable bonds is 5. The Morgan fingerprint density at radius 3 is 2.09 bits per heavy atom. The molecule has 0 saturated carbocycles. The third-order valence-corrected chi connectivity index (χ3v) is 8.98. The molecule has 2 aromatic heterocycles. The summed E-state index contributed by atoms with van der Waals surface area (Å²) in [4.78, 5) is 14.9. The molecule has 0 radical (unpaired) electrons. The van der Waals surface area contributed by atoms with Crippen molar-refractivity contribution in [3.05, 3.63) is 158 Å². The average molecular weight is 604 g/mol. The first-order valence-electron chi connectivity index (χ1n) is 16.0. The van der Waals surface area contributed by atoms with Gasteiger partial charge in [0.1, 0.15) is 11.2 Å². The van der Waals surface area contributed by atoms with Gasteiger partial charge in [-0.05, 0) is 81.8 Å². The van der Waals surface area contributed by atoms with Gasteiger partial charge >= 0.3 is 0 Å². The summed E-state index contributed by atoms with van der Waals surface area (Å²) >= 11 is 0. The molecular weight excluding hydrogens is 574 g/mol. The first kappa shape index (κ1) is 27.2. The van der Waals surface area contributed by atoms with Crippen LogP contribution in [0.15, 0.2) is 156 Å². The SMILES string of the molecule is C1=CCCC(c2nc(-c3ccccc3)nc(-c3cccc(-c4cccc5oc6ccc(-c7ccc8ccccc8c7)cc6c45)c3)n2)=C1. The van der Waals surface area contributed by atoms with E-state index in [1.165, 1.54) is 16.3 Å². The lowest BCUT2D eigenvalue weighted by molar-refractivity contribution is 0.669. The van der Waals surface area contributed by atoms with Gasteiger partial charge in [-0.25, -0.2) is 15.0 Å². The molecule has 0 unspecified atom stereocenters. The number of aromatic nitrogens is 3. The highest BCUT2D eigenvalue weighted by atomic mass is 16.3. The molecule has 47 heavy (non-hydrogen) atoms. The highest BCUT2D eigenvalue weighted by Gasteiger charge is 2.17. The zero-order valence-electron chi connectivity index (χ0n) is 25.6. The van der Waals surface area contributed by atoms with Crippen LogP contribution in [0.25, 0.3) is 83.3 Å². The van der Waals surface area contributed by atoms with E-state index in [1.807, 2.05) is 30.3 Å². The van der Waals surface area contributed by atoms with Gasteiger partial charge in [0, 0.05) is 21.9 Å². The van der Waals surface area contributed by atoms with Crippen LogP contribution in [-0.4, -0.2) is 15.0 Å². The minimum Gasteiger partial charge on any atom is -0.456 e. The van der Waals surface area contributed by atoms with E-state index in [2.05, 4.69) is 121 Å². The number of hydrogen-bond donors (Lipinski definition) is 0. The number of fused-ring (bicyclic) bond motifs is 4. The van der Waals surface area contributed by atoms with E-state index in [0.717, 1.165) is 74.0 Å². The second-order valence-electron chi connectivity index (χ2n) is 12.0. The van der Waals surface area contributed by atoms with Crippen molar-refractivity contribution in [1.82, 2.24) is 15.0 Å². The van der Waals surface area contributed by atoms with E-state index >= 15 is 0 Å². The van der Waals surface area contributed by atoms with Crippen molar-refractivity contribution in [3.63, 3.8) is 0 Å². The number of hydrogen-bond acceptors (Lipinski definition) is 4. The van der Waals surface area contributed by atoms with Gasteiger partial charge in [-0.3, -0.25) is 0 Å². The highest BCUT2D eigenvalue weighted by molar-refractivity contribution is 6.13. The Bertz CT molecular complexity index is 2520. The van der Waals surface area contributed by atoms with Crippen molar-refractivity contribution < 1.29 is 4.42 Å². The second kappa shape index (κ2) is 11.3. The Labute approximate surface area is 272 Å². The molecule has 0 bridgehead atoms. The van der Waals surface area contributed by atoms with Crippen LogP contribution in [0.4, 0.5) is 0 Å². The van der Waals surface area contributed by atoms with Crippen LogP contribution in [0.5, 0.6) is 0 Å². The molecule has 222 valence electrons. The third-order valence-electron chi connectivity index (χ3n) is 8.98. The molecule has 4 nitrogen and oxygen atoms in total. The molecule has 4 heteroatoms. The predicted octanol–water partition coefficient (Wildman–Crippen LogP) is 11.3. The van der Waals surface area contributed by atoms with E-state index in [-0.39, 0.29) is 0 Å². The Morgan fingerprint density at radius 2 is 1.21 bits per heavy atom. The van der Waals surface area contributed by atoms with Crippen molar-refractivity contribution in [1.29, 1.82) is 0 Å². The lowest BCUT2D eigenvalue weighted by Gasteiger charge is -2.12. The molecule has 0 atom stereocenters. The van der Waals surface area contributed by atoms with Crippen molar-refractivity contribution in [3.8, 4) is 45.0 Å². The van der Waals surface area contributed by atoms with Crippen LogP contribution in [0.2, 0.25) is 0 Å². The van der Waals surface area contributed by atoms with Crippen LogP contribution < -0.4 is 0 Å². The van der Waals surface area contributed by atoms with Crippen LogP contribution in [-0.2, 0) is 0 Å². The Hall–Kier alpha value is -6.13. The van der Waals surface area contributed by atoms with Crippen molar-refractivity contribution in [2.24, 2.45) is 0 Å². The van der Waals surface area contributed by atoms with E-state index in [1.54, 1.807) is 0 Å². The summed E-state index contributed by atoms with van der Waals surface area (Å²) in [6, 6.07) is 46.6. The quantitative estimate of drug-likeness (QED) is 0.196. The van der Waals surface area contributed by atoms with E-state index in [9.17, 15) is 0 Å². The summed E-state index contributed by atoms with van der Waals surface area (Å²) in [5.74, 6) is 2.07. The number of benzene rings is 6. The van der Waals surface area contributed by atoms with Crippen LogP contribution in [0.1, 0.15) is 18.7 Å². The zero-order chi connectivity index (χ0) is 31.2. The first-order valence-corrected chi connectivity index (χ1v) is 16.0. The van der Waals surface area contributed by atoms with Crippen LogP contribution in [0, 0.1) is 0 Å². The van der Waals surface area contributed by atoms with Crippen LogP contribution in [0.3, 0.4) is 0 Å². The van der Waals surface area contributed by atoms with Gasteiger partial charge < -0.3 is 4.42 Å². The molecule has 0 spiro atoms. The molecule has 9 rings (SSSR count). The molecule has 0 aliphatic heterocycles. The number of nitrogens with zero attached hydrogens (tertiary/aromatic N) is 3. The molecular formula is C43H29N3O. The lowest BCUT2D eigenvalue weighted by Crippen LogP contribution is -2.03. The highest BCUT2D eigenvalue weighted by Crippen LogP contribution is 2.39. The topological polar surface area (TPSA) is 51.8 Å². The molecule has 0 saturated heterocycles. The van der Waals surface area contributed by atoms with E-state index < -0.39 is 0 Å². The molecule has 6 aromatic carbocycles. The minimum atomic E-state index is 0.661. The summed E-state index contributed by atoms with van der Waals surface area (Å²) in [5, 5.41) is 4.66. The number of furan rings is 1. The summed E-state index contributed by atoms with van der Waals surface area (Å²) in [5.41, 5.74) is 9.31. The molecule has 0 amide bonds. The maximum absolute atomic E-state index is 6.39. The fourth-order valence-electron chi connectivity index (χ4n) is 6.60. The van der Waals surface area contributed by atoms with Gasteiger partial charge in [0.25, 0.3) is 0 Å². The summed E-state index contributed by atoms with van der Waals surface area (Å²) in [7, 11) is 0. The molecule has 1 aliphatic carbocycles. The fourth-order valence-corrected chi connectivity index (χ4v) is 6.60. The monoisotopic (exact) mass is 603 g/mol. The Balaban J connectivity index is 1.18. The van der Waals surface area contributed by atoms with E-state index in [0.29, 0.717) is 11.6 Å². The molecule has 1 aliphatic rings. The first-order chi connectivity index (χ1) is 23.3. The van der Waals surface area contributed by atoms with Crippen molar-refractivity contribution in [2.75, 3.05) is 0 Å². The average Bonchev–Trinajstić information content (AvgIpc) is 3.53. The molecule has 0 N–H and O–H groups in total. The number of allylic oxidation sites excluding steroid dienone is 4. The van der Waals surface area contributed by atoms with Crippen molar-refractivity contribution >= 4 is 38.3 Å². The summed E-state index contributed by atoms with van der Waals surface area (Å²) < 4.78 is 6.39. The smallest absolute Gasteiger partial charge is 0.164 e. The van der Waals surface area contributed by atoms with Gasteiger partial charge in [0.2, 0.25) is 0 Å². The summed E-state index contributed by atoms with van der Waals surface area (Å²) in [6.07, 6.45) is 8.27. The van der Waals surface area contributed by atoms with Crippen LogP contribution >= 0.6 is 0 Å². The third kappa shape index (κ3) is 5.01. The van der Waals surface area contributed by atoms with Gasteiger partial charge in [0.15, 0.2) is 17.5 Å². The van der Waals surface area contributed by atoms with Gasteiger partial charge in [0.05, 0.1) is 0 Å². The molecule has 2 heterocycles. The predicted molar refractivity (Wildman–Crippen MR) is 193 cm³/mol. The standard InChI is InChI=1S/C43H29N3O/c1-3-12-29(13-4-1)41-44-42(30-14-5-2-6-15-30)46-43(45-41)35-18-9-17-34(26-35)36-19-10-20-39-40(36)37-27-33(23-24-38(37)47-39)32-22-21-28-11-7-8-16-31(28)25-32/h1-5,7-14,16-27H,6,15H2. The maximum Gasteiger partial charge on any atom is 0.164 e. The minimum absolute atomic E-state index is 0.661. The fraction of sp³-hybridized carbons (Fsp3) is 0.0465. The Morgan fingerprint density at radius 1 is 0.489 bits per heavy atom. The van der Waals surface area contributed by atoms with Gasteiger partial charge in [-0.1, -0.05) is 121 Å². The maximum atomic E-state index is 6.39. The largest absolute Gasteiger partial charge is 0.456 e. The van der Waals surface area contributed by atoms with Gasteiger partial charge in [-0.15, -0.1) is 0 Å². The second-order valence-corrected chi connectivity index (χ2v) is 12.0. The Kier molecular flexibility index (Phi) is 6.57.